The summed E-state index contributed by atoms with van der Waals surface area (Å²) in [6, 6.07) is 0. The molecule has 0 bridgehead atoms. The molecule has 0 aliphatic heterocycles. The maximum atomic E-state index is 5.91. The predicted molar refractivity (Wildman–Crippen MR) is 57.5 cm³/mol. The molecule has 0 unspecified atom stereocenters. The standard InChI is InChI=1S/C8H13N5S/c1-3-5-10-7-6(9)8(14-4-2)12-13(7)11-5/h3-4,9H2,1-2H3,(H,10,11). The number of hydrogen-bond acceptors (Lipinski definition) is 4. The topological polar surface area (TPSA) is 72.0 Å². The number of aromatic nitrogens is 4. The summed E-state index contributed by atoms with van der Waals surface area (Å²) in [5.41, 5.74) is 7.31. The minimum absolute atomic E-state index is 0.674. The van der Waals surface area contributed by atoms with Gasteiger partial charge in [-0.25, -0.2) is 4.98 Å². The van der Waals surface area contributed by atoms with Gasteiger partial charge in [0.25, 0.3) is 0 Å². The molecule has 0 radical (unpaired) electrons. The number of nitrogens with zero attached hydrogens (tertiary/aromatic N) is 3. The zero-order valence-corrected chi connectivity index (χ0v) is 9.06. The maximum absolute atomic E-state index is 5.91. The highest BCUT2D eigenvalue weighted by Crippen LogP contribution is 2.26. The van der Waals surface area contributed by atoms with E-state index in [1.54, 1.807) is 16.4 Å². The minimum atomic E-state index is 0.674. The van der Waals surface area contributed by atoms with E-state index in [9.17, 15) is 0 Å². The number of hydrogen-bond donors (Lipinski definition) is 2. The van der Waals surface area contributed by atoms with Crippen LogP contribution in [0, 0.1) is 0 Å². The first kappa shape index (κ1) is 9.39. The minimum Gasteiger partial charge on any atom is -0.393 e. The first-order valence-corrected chi connectivity index (χ1v) is 5.60. The van der Waals surface area contributed by atoms with Gasteiger partial charge in [0.1, 0.15) is 16.5 Å². The highest BCUT2D eigenvalue weighted by atomic mass is 32.2. The van der Waals surface area contributed by atoms with Crippen molar-refractivity contribution >= 4 is 23.1 Å². The summed E-state index contributed by atoms with van der Waals surface area (Å²) in [6.07, 6.45) is 0.860. The number of thioether (sulfide) groups is 1. The number of H-pyrrole nitrogens is 1. The largest absolute Gasteiger partial charge is 0.393 e. The van der Waals surface area contributed by atoms with Crippen molar-refractivity contribution in [3.8, 4) is 0 Å². The third-order valence-corrected chi connectivity index (χ3v) is 2.82. The van der Waals surface area contributed by atoms with Gasteiger partial charge in [-0.15, -0.1) is 16.9 Å². The Kier molecular flexibility index (Phi) is 2.37. The third kappa shape index (κ3) is 1.35. The van der Waals surface area contributed by atoms with E-state index in [-0.39, 0.29) is 0 Å². The molecule has 14 heavy (non-hydrogen) atoms. The monoisotopic (exact) mass is 211 g/mol. The quantitative estimate of drug-likeness (QED) is 0.751. The van der Waals surface area contributed by atoms with Crippen LogP contribution >= 0.6 is 11.8 Å². The number of aryl methyl sites for hydroxylation is 1. The van der Waals surface area contributed by atoms with Crippen molar-refractivity contribution in [3.05, 3.63) is 5.82 Å². The Bertz CT molecular complexity index is 444. The summed E-state index contributed by atoms with van der Waals surface area (Å²) < 4.78 is 1.64. The molecule has 2 aromatic heterocycles. The van der Waals surface area contributed by atoms with Crippen LogP contribution in [0.4, 0.5) is 5.69 Å². The second kappa shape index (κ2) is 3.53. The maximum Gasteiger partial charge on any atom is 0.199 e. The van der Waals surface area contributed by atoms with E-state index in [1.807, 2.05) is 6.92 Å². The van der Waals surface area contributed by atoms with Crippen LogP contribution in [0.15, 0.2) is 5.03 Å². The van der Waals surface area contributed by atoms with Gasteiger partial charge in [0.2, 0.25) is 0 Å². The molecule has 0 amide bonds. The zero-order chi connectivity index (χ0) is 10.1. The van der Waals surface area contributed by atoms with Crippen LogP contribution < -0.4 is 5.73 Å². The van der Waals surface area contributed by atoms with Gasteiger partial charge in [0.15, 0.2) is 5.65 Å². The second-order valence-electron chi connectivity index (χ2n) is 2.91. The lowest BCUT2D eigenvalue weighted by Crippen LogP contribution is -1.90. The fourth-order valence-electron chi connectivity index (χ4n) is 1.26. The molecule has 0 atom stereocenters. The van der Waals surface area contributed by atoms with Gasteiger partial charge in [-0.1, -0.05) is 13.8 Å². The molecule has 2 rings (SSSR count). The first-order chi connectivity index (χ1) is 6.76. The van der Waals surface area contributed by atoms with Crippen LogP contribution in [0.2, 0.25) is 0 Å². The predicted octanol–water partition coefficient (Wildman–Crippen LogP) is 1.31. The van der Waals surface area contributed by atoms with E-state index in [4.69, 9.17) is 5.73 Å². The first-order valence-electron chi connectivity index (χ1n) is 4.62. The molecule has 5 nitrogen and oxygen atoms in total. The summed E-state index contributed by atoms with van der Waals surface area (Å²) >= 11 is 1.63. The van der Waals surface area contributed by atoms with Gasteiger partial charge in [0.05, 0.1) is 0 Å². The number of fused-ring (bicyclic) bond motifs is 1. The van der Waals surface area contributed by atoms with Gasteiger partial charge < -0.3 is 5.73 Å². The van der Waals surface area contributed by atoms with E-state index in [0.717, 1.165) is 28.7 Å². The Morgan fingerprint density at radius 3 is 2.86 bits per heavy atom. The molecule has 6 heteroatoms. The van der Waals surface area contributed by atoms with Crippen molar-refractivity contribution in [2.45, 2.75) is 25.3 Å². The molecule has 0 spiro atoms. The molecule has 0 aliphatic rings. The number of nitrogen functional groups attached to an aromatic ring is 1. The van der Waals surface area contributed by atoms with E-state index in [2.05, 4.69) is 22.1 Å². The average molecular weight is 211 g/mol. The van der Waals surface area contributed by atoms with Gasteiger partial charge >= 0.3 is 0 Å². The Morgan fingerprint density at radius 2 is 2.29 bits per heavy atom. The molecule has 3 N–H and O–H groups in total. The lowest BCUT2D eigenvalue weighted by atomic mass is 10.5. The Hall–Kier alpha value is -1.17. The highest BCUT2D eigenvalue weighted by Gasteiger charge is 2.12. The molecule has 0 saturated carbocycles. The SMILES string of the molecule is CCSc1nn2[nH]c(CC)nc2c1N. The van der Waals surface area contributed by atoms with Crippen LogP contribution in [-0.4, -0.2) is 25.6 Å². The smallest absolute Gasteiger partial charge is 0.199 e. The fourth-order valence-corrected chi connectivity index (χ4v) is 1.92. The molecule has 2 aromatic rings. The number of nitrogens with two attached hydrogens (primary N) is 1. The zero-order valence-electron chi connectivity index (χ0n) is 8.24. The Balaban J connectivity index is 2.49. The molecule has 0 saturated heterocycles. The highest BCUT2D eigenvalue weighted by molar-refractivity contribution is 7.99. The number of aromatic amines is 1. The summed E-state index contributed by atoms with van der Waals surface area (Å²) in [5.74, 6) is 1.87. The van der Waals surface area contributed by atoms with Crippen molar-refractivity contribution in [3.63, 3.8) is 0 Å². The van der Waals surface area contributed by atoms with Crippen LogP contribution in [0.1, 0.15) is 19.7 Å². The van der Waals surface area contributed by atoms with Crippen LogP contribution in [-0.2, 0) is 6.42 Å². The van der Waals surface area contributed by atoms with Crippen LogP contribution in [0.5, 0.6) is 0 Å². The number of anilines is 1. The summed E-state index contributed by atoms with van der Waals surface area (Å²) in [4.78, 5) is 4.34. The molecule has 2 heterocycles. The lowest BCUT2D eigenvalue weighted by Gasteiger charge is -1.92. The lowest BCUT2D eigenvalue weighted by molar-refractivity contribution is 0.761. The van der Waals surface area contributed by atoms with Crippen molar-refractivity contribution in [1.82, 2.24) is 19.8 Å². The van der Waals surface area contributed by atoms with Gasteiger partial charge in [-0.3, -0.25) is 5.10 Å². The average Bonchev–Trinajstić information content (AvgIpc) is 2.69. The fraction of sp³-hybridized carbons (Fsp3) is 0.500. The van der Waals surface area contributed by atoms with Gasteiger partial charge in [-0.05, 0) is 5.75 Å². The normalized spacial score (nSPS) is 11.3. The number of nitrogens with one attached hydrogen (secondary N) is 1. The molecular weight excluding hydrogens is 198 g/mol. The van der Waals surface area contributed by atoms with Crippen molar-refractivity contribution in [2.75, 3.05) is 11.5 Å². The second-order valence-corrected chi connectivity index (χ2v) is 4.16. The number of rotatable bonds is 3. The molecular formula is C8H13N5S. The summed E-state index contributed by atoms with van der Waals surface area (Å²) in [6.45, 7) is 4.11. The summed E-state index contributed by atoms with van der Waals surface area (Å²) in [7, 11) is 0. The summed E-state index contributed by atoms with van der Waals surface area (Å²) in [5, 5.41) is 8.23. The van der Waals surface area contributed by atoms with Crippen LogP contribution in [0.25, 0.3) is 5.65 Å². The molecule has 0 aromatic carbocycles. The Labute approximate surface area is 86.1 Å². The van der Waals surface area contributed by atoms with Gasteiger partial charge in [0, 0.05) is 6.42 Å². The van der Waals surface area contributed by atoms with E-state index < -0.39 is 0 Å². The van der Waals surface area contributed by atoms with Crippen molar-refractivity contribution in [1.29, 1.82) is 0 Å². The van der Waals surface area contributed by atoms with E-state index in [1.165, 1.54) is 0 Å². The Morgan fingerprint density at radius 1 is 1.50 bits per heavy atom. The molecule has 76 valence electrons. The van der Waals surface area contributed by atoms with Gasteiger partial charge in [-0.2, -0.15) is 4.63 Å². The third-order valence-electron chi connectivity index (χ3n) is 1.95. The van der Waals surface area contributed by atoms with Crippen molar-refractivity contribution < 1.29 is 0 Å². The van der Waals surface area contributed by atoms with E-state index in [0.29, 0.717) is 5.69 Å². The van der Waals surface area contributed by atoms with E-state index >= 15 is 0 Å². The molecule has 0 fully saturated rings. The molecule has 0 aliphatic carbocycles. The van der Waals surface area contributed by atoms with Crippen LogP contribution in [0.3, 0.4) is 0 Å². The van der Waals surface area contributed by atoms with Crippen molar-refractivity contribution in [2.24, 2.45) is 0 Å².